The first-order valence-corrected chi connectivity index (χ1v) is 9.90. The zero-order valence-corrected chi connectivity index (χ0v) is 16.0. The lowest BCUT2D eigenvalue weighted by molar-refractivity contribution is -0.120. The zero-order chi connectivity index (χ0) is 19.8. The Morgan fingerprint density at radius 1 is 0.828 bits per heavy atom. The van der Waals surface area contributed by atoms with Gasteiger partial charge in [0.15, 0.2) is 0 Å². The molecule has 1 heterocycles. The standard InChI is InChI=1S/C25H22N2O2/c28-17-27-13-12-26(20-8-5-9-21(29)15-20)16-24(27)25-22-10-3-1-6-18(22)14-19-7-2-4-11-23(19)25/h1-11,14-15,17,24,29H,12-13,16H2. The summed E-state index contributed by atoms with van der Waals surface area (Å²) in [5, 5.41) is 14.6. The Morgan fingerprint density at radius 3 is 2.17 bits per heavy atom. The van der Waals surface area contributed by atoms with E-state index in [0.29, 0.717) is 13.1 Å². The molecule has 0 saturated carbocycles. The van der Waals surface area contributed by atoms with E-state index in [1.54, 1.807) is 12.1 Å². The molecule has 29 heavy (non-hydrogen) atoms. The molecule has 1 amide bonds. The van der Waals surface area contributed by atoms with Crippen molar-refractivity contribution in [2.45, 2.75) is 6.04 Å². The molecule has 0 aliphatic carbocycles. The Labute approximate surface area is 169 Å². The van der Waals surface area contributed by atoms with E-state index in [1.165, 1.54) is 27.1 Å². The number of benzene rings is 4. The van der Waals surface area contributed by atoms with Crippen LogP contribution in [0.2, 0.25) is 0 Å². The summed E-state index contributed by atoms with van der Waals surface area (Å²) in [4.78, 5) is 16.1. The highest BCUT2D eigenvalue weighted by Gasteiger charge is 2.30. The number of carbonyl (C=O) groups is 1. The lowest BCUT2D eigenvalue weighted by atomic mass is 9.90. The van der Waals surface area contributed by atoms with E-state index in [4.69, 9.17) is 0 Å². The minimum atomic E-state index is -0.0698. The van der Waals surface area contributed by atoms with Gasteiger partial charge in [-0.3, -0.25) is 4.79 Å². The van der Waals surface area contributed by atoms with E-state index in [2.05, 4.69) is 59.5 Å². The summed E-state index contributed by atoms with van der Waals surface area (Å²) in [7, 11) is 0. The summed E-state index contributed by atoms with van der Waals surface area (Å²) < 4.78 is 0. The highest BCUT2D eigenvalue weighted by molar-refractivity contribution is 6.02. The normalized spacial score (nSPS) is 17.0. The number of anilines is 1. The van der Waals surface area contributed by atoms with E-state index in [9.17, 15) is 9.90 Å². The number of carbonyl (C=O) groups excluding carboxylic acids is 1. The molecule has 4 heteroatoms. The van der Waals surface area contributed by atoms with Crippen LogP contribution in [0.3, 0.4) is 0 Å². The molecule has 1 atom stereocenters. The molecule has 4 aromatic rings. The van der Waals surface area contributed by atoms with Crippen molar-refractivity contribution in [3.63, 3.8) is 0 Å². The van der Waals surface area contributed by atoms with Crippen molar-refractivity contribution in [2.75, 3.05) is 24.5 Å². The van der Waals surface area contributed by atoms with Gasteiger partial charge in [0.1, 0.15) is 5.75 Å². The van der Waals surface area contributed by atoms with Gasteiger partial charge in [-0.05, 0) is 45.3 Å². The molecule has 1 N–H and O–H groups in total. The summed E-state index contributed by atoms with van der Waals surface area (Å²) >= 11 is 0. The predicted molar refractivity (Wildman–Crippen MR) is 117 cm³/mol. The van der Waals surface area contributed by atoms with Gasteiger partial charge in [-0.1, -0.05) is 54.6 Å². The molecule has 4 aromatic carbocycles. The van der Waals surface area contributed by atoms with Gasteiger partial charge in [0.05, 0.1) is 6.04 Å². The number of amides is 1. The number of phenolic OH excluding ortho intramolecular Hbond substituents is 1. The van der Waals surface area contributed by atoms with Gasteiger partial charge < -0.3 is 14.9 Å². The summed E-state index contributed by atoms with van der Waals surface area (Å²) in [6.45, 7) is 2.06. The maximum Gasteiger partial charge on any atom is 0.210 e. The zero-order valence-electron chi connectivity index (χ0n) is 16.0. The van der Waals surface area contributed by atoms with Crippen LogP contribution >= 0.6 is 0 Å². The highest BCUT2D eigenvalue weighted by atomic mass is 16.3. The summed E-state index contributed by atoms with van der Waals surface area (Å²) in [6, 6.07) is 26.3. The Balaban J connectivity index is 1.69. The minimum Gasteiger partial charge on any atom is -0.508 e. The topological polar surface area (TPSA) is 43.8 Å². The molecule has 0 radical (unpaired) electrons. The quantitative estimate of drug-likeness (QED) is 0.412. The Morgan fingerprint density at radius 2 is 1.52 bits per heavy atom. The van der Waals surface area contributed by atoms with Gasteiger partial charge in [0, 0.05) is 31.4 Å². The van der Waals surface area contributed by atoms with E-state index in [-0.39, 0.29) is 11.8 Å². The number of aromatic hydroxyl groups is 1. The fourth-order valence-electron chi connectivity index (χ4n) is 4.51. The maximum atomic E-state index is 12.0. The van der Waals surface area contributed by atoms with Gasteiger partial charge in [0.2, 0.25) is 6.41 Å². The number of fused-ring (bicyclic) bond motifs is 2. The van der Waals surface area contributed by atoms with Crippen molar-refractivity contribution in [3.05, 3.63) is 84.4 Å². The first-order valence-electron chi connectivity index (χ1n) is 9.90. The second-order valence-electron chi connectivity index (χ2n) is 7.56. The first kappa shape index (κ1) is 17.6. The SMILES string of the molecule is O=CN1CCN(c2cccc(O)c2)CC1c1c2ccccc2cc2ccccc12. The second-order valence-corrected chi connectivity index (χ2v) is 7.56. The van der Waals surface area contributed by atoms with E-state index in [0.717, 1.165) is 18.6 Å². The molecule has 1 saturated heterocycles. The Bertz CT molecular complexity index is 1150. The molecular weight excluding hydrogens is 360 g/mol. The molecule has 5 rings (SSSR count). The molecule has 0 bridgehead atoms. The van der Waals surface area contributed by atoms with Gasteiger partial charge >= 0.3 is 0 Å². The average Bonchev–Trinajstić information content (AvgIpc) is 2.77. The molecule has 0 aromatic heterocycles. The number of hydrogen-bond acceptors (Lipinski definition) is 3. The van der Waals surface area contributed by atoms with Gasteiger partial charge in [0.25, 0.3) is 0 Å². The van der Waals surface area contributed by atoms with Gasteiger partial charge in [-0.15, -0.1) is 0 Å². The van der Waals surface area contributed by atoms with Crippen molar-refractivity contribution in [1.82, 2.24) is 4.90 Å². The van der Waals surface area contributed by atoms with Gasteiger partial charge in [-0.2, -0.15) is 0 Å². The van der Waals surface area contributed by atoms with Crippen molar-refractivity contribution in [1.29, 1.82) is 0 Å². The van der Waals surface area contributed by atoms with Crippen LogP contribution in [0.5, 0.6) is 5.75 Å². The van der Waals surface area contributed by atoms with Crippen molar-refractivity contribution >= 4 is 33.6 Å². The minimum absolute atomic E-state index is 0.0698. The first-order chi connectivity index (χ1) is 14.2. The Kier molecular flexibility index (Phi) is 4.32. The van der Waals surface area contributed by atoms with Crippen LogP contribution in [0, 0.1) is 0 Å². The van der Waals surface area contributed by atoms with Crippen LogP contribution < -0.4 is 4.90 Å². The number of piperazine rings is 1. The third-order valence-corrected chi connectivity index (χ3v) is 5.90. The van der Waals surface area contributed by atoms with Crippen LogP contribution in [-0.2, 0) is 4.79 Å². The molecule has 1 aliphatic heterocycles. The molecule has 1 fully saturated rings. The Hall–Kier alpha value is -3.53. The monoisotopic (exact) mass is 382 g/mol. The van der Waals surface area contributed by atoms with E-state index in [1.807, 2.05) is 17.0 Å². The molecule has 4 nitrogen and oxygen atoms in total. The molecular formula is C25H22N2O2. The van der Waals surface area contributed by atoms with Crippen molar-refractivity contribution in [3.8, 4) is 5.75 Å². The van der Waals surface area contributed by atoms with Crippen LogP contribution in [0.15, 0.2) is 78.9 Å². The molecule has 1 aliphatic rings. The summed E-state index contributed by atoms with van der Waals surface area (Å²) in [5.41, 5.74) is 2.17. The van der Waals surface area contributed by atoms with Crippen LogP contribution in [0.1, 0.15) is 11.6 Å². The number of nitrogens with zero attached hydrogens (tertiary/aromatic N) is 2. The fraction of sp³-hybridized carbons (Fsp3) is 0.160. The predicted octanol–water partition coefficient (Wildman–Crippen LogP) is 4.72. The molecule has 0 spiro atoms. The highest BCUT2D eigenvalue weighted by Crippen LogP contribution is 2.37. The third-order valence-electron chi connectivity index (χ3n) is 5.90. The van der Waals surface area contributed by atoms with Crippen LogP contribution in [-0.4, -0.2) is 36.1 Å². The summed E-state index contributed by atoms with van der Waals surface area (Å²) in [5.74, 6) is 0.257. The van der Waals surface area contributed by atoms with E-state index < -0.39 is 0 Å². The maximum absolute atomic E-state index is 12.0. The van der Waals surface area contributed by atoms with Gasteiger partial charge in [-0.25, -0.2) is 0 Å². The average molecular weight is 382 g/mol. The van der Waals surface area contributed by atoms with E-state index >= 15 is 0 Å². The number of hydrogen-bond donors (Lipinski definition) is 1. The van der Waals surface area contributed by atoms with Crippen LogP contribution in [0.4, 0.5) is 5.69 Å². The summed E-state index contributed by atoms with van der Waals surface area (Å²) in [6.07, 6.45) is 0.973. The lowest BCUT2D eigenvalue weighted by Gasteiger charge is -2.41. The fourth-order valence-corrected chi connectivity index (χ4v) is 4.51. The van der Waals surface area contributed by atoms with Crippen LogP contribution in [0.25, 0.3) is 21.5 Å². The van der Waals surface area contributed by atoms with Crippen molar-refractivity contribution in [2.24, 2.45) is 0 Å². The second kappa shape index (κ2) is 7.13. The smallest absolute Gasteiger partial charge is 0.210 e. The number of rotatable bonds is 3. The van der Waals surface area contributed by atoms with Crippen molar-refractivity contribution < 1.29 is 9.90 Å². The largest absolute Gasteiger partial charge is 0.508 e. The number of phenols is 1. The molecule has 144 valence electrons. The third kappa shape index (κ3) is 3.07. The lowest BCUT2D eigenvalue weighted by Crippen LogP contribution is -2.48. The molecule has 1 unspecified atom stereocenters.